The summed E-state index contributed by atoms with van der Waals surface area (Å²) in [6.45, 7) is 17.5. The highest BCUT2D eigenvalue weighted by Crippen LogP contribution is 2.55. The number of nitrogens with zero attached hydrogens (tertiary/aromatic N) is 2. The number of carbonyl (C=O) groups is 1. The zero-order valence-corrected chi connectivity index (χ0v) is 26.1. The predicted molar refractivity (Wildman–Crippen MR) is 162 cm³/mol. The molecule has 2 heterocycles. The lowest BCUT2D eigenvalue weighted by Crippen LogP contribution is -2.45. The third-order valence-corrected chi connectivity index (χ3v) is 10.0. The molecule has 1 aliphatic carbocycles. The number of piperidine rings is 1. The molecule has 5 nitrogen and oxygen atoms in total. The van der Waals surface area contributed by atoms with Gasteiger partial charge in [0, 0.05) is 29.9 Å². The molecule has 0 saturated carbocycles. The van der Waals surface area contributed by atoms with Crippen molar-refractivity contribution >= 4 is 5.97 Å². The summed E-state index contributed by atoms with van der Waals surface area (Å²) in [5, 5.41) is 8.98. The molecule has 1 fully saturated rings. The lowest BCUT2D eigenvalue weighted by atomic mass is 9.66. The van der Waals surface area contributed by atoms with Gasteiger partial charge in [-0.3, -0.25) is 4.79 Å². The number of fused-ring (bicyclic) bond motifs is 3. The van der Waals surface area contributed by atoms with Crippen LogP contribution in [0.2, 0.25) is 0 Å². The Morgan fingerprint density at radius 2 is 2.05 bits per heavy atom. The molecule has 0 amide bonds. The van der Waals surface area contributed by atoms with Gasteiger partial charge in [-0.15, -0.1) is 0 Å². The number of allylic oxidation sites excluding steroid dienone is 2. The maximum absolute atomic E-state index is 13.6. The predicted octanol–water partition coefficient (Wildman–Crippen LogP) is 8.47. The van der Waals surface area contributed by atoms with Crippen LogP contribution in [0, 0.1) is 23.2 Å². The van der Waals surface area contributed by atoms with Crippen LogP contribution in [0.4, 0.5) is 0 Å². The number of carbonyl (C=O) groups excluding carboxylic acids is 1. The molecule has 0 aromatic heterocycles. The van der Waals surface area contributed by atoms with E-state index in [0.29, 0.717) is 24.1 Å². The van der Waals surface area contributed by atoms with E-state index in [1.807, 2.05) is 6.92 Å². The van der Waals surface area contributed by atoms with Crippen molar-refractivity contribution in [3.05, 3.63) is 34.9 Å². The topological polar surface area (TPSA) is 62.6 Å². The van der Waals surface area contributed by atoms with Crippen LogP contribution in [0.25, 0.3) is 0 Å². The SMILES string of the molecule is CC1=CC[C@@H]2[C@@H](C1)c1c(OC(=O)C(C)CCN3CCCCC3C)cc(C(C)(C)CCCCC#N)cc1OC2(C)C. The zero-order valence-electron chi connectivity index (χ0n) is 26.1. The van der Waals surface area contributed by atoms with Gasteiger partial charge in [-0.2, -0.15) is 5.26 Å². The molecule has 4 atom stereocenters. The number of ether oxygens (including phenoxy) is 2. The number of unbranched alkanes of at least 4 members (excludes halogenated alkanes) is 2. The highest BCUT2D eigenvalue weighted by atomic mass is 16.5. The van der Waals surface area contributed by atoms with Crippen LogP contribution in [0.15, 0.2) is 23.8 Å². The van der Waals surface area contributed by atoms with E-state index in [0.717, 1.165) is 68.5 Å². The van der Waals surface area contributed by atoms with E-state index in [9.17, 15) is 4.79 Å². The highest BCUT2D eigenvalue weighted by molar-refractivity contribution is 5.76. The van der Waals surface area contributed by atoms with E-state index < -0.39 is 0 Å². The first-order valence-electron chi connectivity index (χ1n) is 15.8. The van der Waals surface area contributed by atoms with Gasteiger partial charge in [0.2, 0.25) is 0 Å². The molecule has 0 bridgehead atoms. The number of hydrogen-bond donors (Lipinski definition) is 0. The number of benzene rings is 1. The Labute approximate surface area is 243 Å². The number of likely N-dealkylation sites (tertiary alicyclic amines) is 1. The standard InChI is InChI=1S/C35H52N2O3/c1-24-14-15-29-28(21-24)32-30(39-33(38)25(2)16-20-37-19-12-9-13-26(37)3)22-27(23-31(32)40-35(29,6)7)34(4,5)17-10-8-11-18-36/h14,22-23,25-26,28-29H,8-13,15-17,19-21H2,1-7H3/t25?,26?,28-,29-/m1/s1. The number of nitriles is 1. The Balaban J connectivity index is 1.63. The fourth-order valence-electron chi connectivity index (χ4n) is 7.11. The van der Waals surface area contributed by atoms with Crippen molar-refractivity contribution in [2.24, 2.45) is 11.8 Å². The van der Waals surface area contributed by atoms with Gasteiger partial charge in [-0.25, -0.2) is 0 Å². The summed E-state index contributed by atoms with van der Waals surface area (Å²) in [5.41, 5.74) is 3.18. The van der Waals surface area contributed by atoms with Crippen LogP contribution in [0.1, 0.15) is 130 Å². The third-order valence-electron chi connectivity index (χ3n) is 10.0. The van der Waals surface area contributed by atoms with Crippen LogP contribution < -0.4 is 9.47 Å². The van der Waals surface area contributed by atoms with E-state index in [-0.39, 0.29) is 28.8 Å². The molecule has 1 saturated heterocycles. The number of esters is 1. The average Bonchev–Trinajstić information content (AvgIpc) is 2.89. The summed E-state index contributed by atoms with van der Waals surface area (Å²) in [4.78, 5) is 16.1. The first-order valence-corrected chi connectivity index (χ1v) is 15.8. The first kappa shape index (κ1) is 30.6. The molecule has 0 N–H and O–H groups in total. The molecule has 0 radical (unpaired) electrons. The molecular formula is C35H52N2O3. The Morgan fingerprint density at radius 3 is 2.77 bits per heavy atom. The summed E-state index contributed by atoms with van der Waals surface area (Å²) < 4.78 is 13.1. The van der Waals surface area contributed by atoms with Crippen molar-refractivity contribution in [3.63, 3.8) is 0 Å². The van der Waals surface area contributed by atoms with Gasteiger partial charge in [0.15, 0.2) is 0 Å². The van der Waals surface area contributed by atoms with Gasteiger partial charge in [0.05, 0.1) is 12.0 Å². The molecule has 4 rings (SSSR count). The number of rotatable bonds is 10. The summed E-state index contributed by atoms with van der Waals surface area (Å²) >= 11 is 0. The minimum Gasteiger partial charge on any atom is -0.487 e. The second-order valence-corrected chi connectivity index (χ2v) is 14.0. The number of hydrogen-bond acceptors (Lipinski definition) is 5. The Bertz CT molecular complexity index is 1130. The monoisotopic (exact) mass is 548 g/mol. The van der Waals surface area contributed by atoms with E-state index >= 15 is 0 Å². The Morgan fingerprint density at radius 1 is 1.27 bits per heavy atom. The van der Waals surface area contributed by atoms with Crippen LogP contribution in [0.3, 0.4) is 0 Å². The van der Waals surface area contributed by atoms with Crippen molar-refractivity contribution in [2.75, 3.05) is 13.1 Å². The smallest absolute Gasteiger partial charge is 0.314 e. The molecule has 5 heteroatoms. The molecule has 1 aromatic rings. The minimum absolute atomic E-state index is 0.131. The van der Waals surface area contributed by atoms with Gasteiger partial charge in [-0.05, 0) is 109 Å². The summed E-state index contributed by atoms with van der Waals surface area (Å²) in [6.07, 6.45) is 12.4. The van der Waals surface area contributed by atoms with Crippen molar-refractivity contribution in [1.29, 1.82) is 5.26 Å². The van der Waals surface area contributed by atoms with Crippen molar-refractivity contribution in [3.8, 4) is 17.6 Å². The van der Waals surface area contributed by atoms with Crippen LogP contribution >= 0.6 is 0 Å². The molecule has 220 valence electrons. The van der Waals surface area contributed by atoms with Gasteiger partial charge in [-0.1, -0.05) is 45.3 Å². The molecule has 2 aliphatic heterocycles. The van der Waals surface area contributed by atoms with E-state index in [2.05, 4.69) is 70.7 Å². The maximum Gasteiger partial charge on any atom is 0.314 e. The molecule has 0 spiro atoms. The van der Waals surface area contributed by atoms with E-state index in [1.54, 1.807) is 0 Å². The van der Waals surface area contributed by atoms with Gasteiger partial charge >= 0.3 is 5.97 Å². The summed E-state index contributed by atoms with van der Waals surface area (Å²) in [6, 6.07) is 7.20. The fraction of sp³-hybridized carbons (Fsp3) is 0.714. The third kappa shape index (κ3) is 6.93. The summed E-state index contributed by atoms with van der Waals surface area (Å²) in [5.74, 6) is 1.87. The molecule has 40 heavy (non-hydrogen) atoms. The van der Waals surface area contributed by atoms with Crippen molar-refractivity contribution in [2.45, 2.75) is 136 Å². The average molecular weight is 549 g/mol. The van der Waals surface area contributed by atoms with E-state index in [1.165, 1.54) is 24.8 Å². The molecular weight excluding hydrogens is 496 g/mol. The lowest BCUT2D eigenvalue weighted by Gasteiger charge is -2.47. The fourth-order valence-corrected chi connectivity index (χ4v) is 7.11. The van der Waals surface area contributed by atoms with E-state index in [4.69, 9.17) is 14.7 Å². The van der Waals surface area contributed by atoms with Crippen molar-refractivity contribution in [1.82, 2.24) is 4.90 Å². The Kier molecular flexibility index (Phi) is 9.71. The van der Waals surface area contributed by atoms with Crippen molar-refractivity contribution < 1.29 is 14.3 Å². The van der Waals surface area contributed by atoms with Gasteiger partial charge in [0.25, 0.3) is 0 Å². The first-order chi connectivity index (χ1) is 18.9. The summed E-state index contributed by atoms with van der Waals surface area (Å²) in [7, 11) is 0. The van der Waals surface area contributed by atoms with Crippen LogP contribution in [-0.4, -0.2) is 35.6 Å². The van der Waals surface area contributed by atoms with Crippen LogP contribution in [-0.2, 0) is 10.2 Å². The Hall–Kier alpha value is -2.32. The van der Waals surface area contributed by atoms with Crippen LogP contribution in [0.5, 0.6) is 11.5 Å². The minimum atomic E-state index is -0.301. The highest BCUT2D eigenvalue weighted by Gasteiger charge is 2.46. The zero-order chi connectivity index (χ0) is 29.1. The quantitative estimate of drug-likeness (QED) is 0.127. The normalized spacial score (nSPS) is 25.1. The van der Waals surface area contributed by atoms with Gasteiger partial charge < -0.3 is 14.4 Å². The lowest BCUT2D eigenvalue weighted by molar-refractivity contribution is -0.138. The van der Waals surface area contributed by atoms with Gasteiger partial charge in [0.1, 0.15) is 17.1 Å². The molecule has 3 aliphatic rings. The second-order valence-electron chi connectivity index (χ2n) is 14.0. The molecule has 2 unspecified atom stereocenters. The largest absolute Gasteiger partial charge is 0.487 e. The maximum atomic E-state index is 13.6. The molecule has 1 aromatic carbocycles. The second kappa shape index (κ2) is 12.7.